The van der Waals surface area contributed by atoms with E-state index in [1.807, 2.05) is 13.0 Å². The number of fused-ring (bicyclic) bond motifs is 1. The van der Waals surface area contributed by atoms with Crippen LogP contribution in [0.4, 0.5) is 0 Å². The van der Waals surface area contributed by atoms with Crippen LogP contribution >= 0.6 is 0 Å². The van der Waals surface area contributed by atoms with E-state index in [0.717, 1.165) is 5.56 Å². The topological polar surface area (TPSA) is 101 Å². The van der Waals surface area contributed by atoms with E-state index < -0.39 is 5.76 Å². The fraction of sp³-hybridized carbons (Fsp3) is 0.385. The number of benzene rings is 1. The number of hydrogen-bond acceptors (Lipinski definition) is 4. The predicted octanol–water partition coefficient (Wildman–Crippen LogP) is 0.865. The van der Waals surface area contributed by atoms with E-state index in [9.17, 15) is 9.59 Å². The summed E-state index contributed by atoms with van der Waals surface area (Å²) in [4.78, 5) is 25.1. The van der Waals surface area contributed by atoms with E-state index in [1.54, 1.807) is 12.1 Å². The molecule has 0 saturated carbocycles. The smallest absolute Gasteiger partial charge is 0.408 e. The molecule has 2 aromatic rings. The van der Waals surface area contributed by atoms with E-state index in [-0.39, 0.29) is 11.9 Å². The summed E-state index contributed by atoms with van der Waals surface area (Å²) in [7, 11) is 0. The second-order valence-electron chi connectivity index (χ2n) is 4.64. The summed E-state index contributed by atoms with van der Waals surface area (Å²) in [6.45, 7) is 2.28. The molecule has 1 unspecified atom stereocenters. The number of carbonyl (C=O) groups is 1. The van der Waals surface area contributed by atoms with Gasteiger partial charge in [0.2, 0.25) is 5.91 Å². The van der Waals surface area contributed by atoms with Crippen molar-refractivity contribution in [2.24, 2.45) is 5.73 Å². The molecule has 6 nitrogen and oxygen atoms in total. The van der Waals surface area contributed by atoms with Crippen LogP contribution in [0.1, 0.15) is 25.3 Å². The lowest BCUT2D eigenvalue weighted by Crippen LogP contribution is -2.25. The molecule has 0 fully saturated rings. The minimum atomic E-state index is -0.479. The summed E-state index contributed by atoms with van der Waals surface area (Å²) in [5, 5.41) is 2.80. The number of oxazole rings is 1. The quantitative estimate of drug-likeness (QED) is 0.744. The molecule has 1 aromatic carbocycles. The molecule has 0 radical (unpaired) electrons. The largest absolute Gasteiger partial charge is 0.417 e. The second kappa shape index (κ2) is 5.71. The standard InChI is InChI=1S/C13H17N3O3/c1-8(14)2-5-12(17)15-7-9-3-4-10-11(6-9)19-13(18)16-10/h3-4,6,8H,2,5,7,14H2,1H3,(H,15,17)(H,16,18). The number of nitrogens with one attached hydrogen (secondary N) is 2. The Labute approximate surface area is 110 Å². The van der Waals surface area contributed by atoms with Gasteiger partial charge in [-0.3, -0.25) is 9.78 Å². The molecule has 0 bridgehead atoms. The predicted molar refractivity (Wildman–Crippen MR) is 71.6 cm³/mol. The normalized spacial score (nSPS) is 12.5. The van der Waals surface area contributed by atoms with Crippen molar-refractivity contribution in [3.05, 3.63) is 34.3 Å². The van der Waals surface area contributed by atoms with E-state index >= 15 is 0 Å². The molecule has 1 atom stereocenters. The van der Waals surface area contributed by atoms with E-state index in [0.29, 0.717) is 30.5 Å². The highest BCUT2D eigenvalue weighted by Crippen LogP contribution is 2.12. The molecule has 102 valence electrons. The highest BCUT2D eigenvalue weighted by molar-refractivity contribution is 5.76. The molecule has 19 heavy (non-hydrogen) atoms. The van der Waals surface area contributed by atoms with E-state index in [1.165, 1.54) is 0 Å². The van der Waals surface area contributed by atoms with Gasteiger partial charge in [0, 0.05) is 19.0 Å². The van der Waals surface area contributed by atoms with Gasteiger partial charge >= 0.3 is 5.76 Å². The minimum Gasteiger partial charge on any atom is -0.408 e. The Morgan fingerprint density at radius 2 is 2.32 bits per heavy atom. The zero-order valence-corrected chi connectivity index (χ0v) is 10.7. The molecular formula is C13H17N3O3. The third-order valence-electron chi connectivity index (χ3n) is 2.80. The third kappa shape index (κ3) is 3.69. The first-order valence-corrected chi connectivity index (χ1v) is 6.18. The number of H-pyrrole nitrogens is 1. The molecule has 6 heteroatoms. The van der Waals surface area contributed by atoms with Crippen LogP contribution in [0.15, 0.2) is 27.4 Å². The van der Waals surface area contributed by atoms with Gasteiger partial charge in [-0.15, -0.1) is 0 Å². The third-order valence-corrected chi connectivity index (χ3v) is 2.80. The number of nitrogens with two attached hydrogens (primary N) is 1. The summed E-state index contributed by atoms with van der Waals surface area (Å²) in [5.41, 5.74) is 7.61. The van der Waals surface area contributed by atoms with Crippen molar-refractivity contribution in [2.75, 3.05) is 0 Å². The molecule has 0 aliphatic carbocycles. The Hall–Kier alpha value is -2.08. The average Bonchev–Trinajstić information content (AvgIpc) is 2.73. The van der Waals surface area contributed by atoms with Crippen molar-refractivity contribution in [1.82, 2.24) is 10.3 Å². The van der Waals surface area contributed by atoms with Crippen LogP contribution in [0.25, 0.3) is 11.1 Å². The van der Waals surface area contributed by atoms with Crippen LogP contribution in [0.2, 0.25) is 0 Å². The molecule has 1 aromatic heterocycles. The second-order valence-corrected chi connectivity index (χ2v) is 4.64. The molecule has 4 N–H and O–H groups in total. The van der Waals surface area contributed by atoms with Crippen molar-refractivity contribution in [2.45, 2.75) is 32.4 Å². The monoisotopic (exact) mass is 263 g/mol. The van der Waals surface area contributed by atoms with Crippen LogP contribution in [0.5, 0.6) is 0 Å². The highest BCUT2D eigenvalue weighted by Gasteiger charge is 2.05. The maximum absolute atomic E-state index is 11.5. The van der Waals surface area contributed by atoms with Gasteiger partial charge in [-0.05, 0) is 31.0 Å². The molecule has 0 aliphatic heterocycles. The van der Waals surface area contributed by atoms with Crippen molar-refractivity contribution in [3.63, 3.8) is 0 Å². The first kappa shape index (κ1) is 13.4. The summed E-state index contributed by atoms with van der Waals surface area (Å²) in [6.07, 6.45) is 1.08. The average molecular weight is 263 g/mol. The molecule has 2 rings (SSSR count). The van der Waals surface area contributed by atoms with Gasteiger partial charge < -0.3 is 15.5 Å². The van der Waals surface area contributed by atoms with Gasteiger partial charge in [0.15, 0.2) is 5.58 Å². The number of hydrogen-bond donors (Lipinski definition) is 3. The summed E-state index contributed by atoms with van der Waals surface area (Å²) in [6, 6.07) is 5.35. The van der Waals surface area contributed by atoms with Gasteiger partial charge in [-0.25, -0.2) is 4.79 Å². The number of amides is 1. The minimum absolute atomic E-state index is 0.0243. The van der Waals surface area contributed by atoms with Crippen molar-refractivity contribution < 1.29 is 9.21 Å². The number of aromatic nitrogens is 1. The van der Waals surface area contributed by atoms with Gasteiger partial charge in [0.25, 0.3) is 0 Å². The first-order valence-electron chi connectivity index (χ1n) is 6.18. The maximum atomic E-state index is 11.5. The summed E-state index contributed by atoms with van der Waals surface area (Å²) >= 11 is 0. The summed E-state index contributed by atoms with van der Waals surface area (Å²) in [5.74, 6) is -0.513. The van der Waals surface area contributed by atoms with Gasteiger partial charge in [0.1, 0.15) is 0 Å². The molecule has 0 aliphatic rings. The lowest BCUT2D eigenvalue weighted by Gasteiger charge is -2.06. The Morgan fingerprint density at radius 3 is 3.05 bits per heavy atom. The Bertz CT molecular complexity index is 627. The fourth-order valence-electron chi connectivity index (χ4n) is 1.75. The van der Waals surface area contributed by atoms with Crippen LogP contribution in [0, 0.1) is 0 Å². The molecule has 0 saturated heterocycles. The zero-order valence-electron chi connectivity index (χ0n) is 10.7. The Kier molecular flexibility index (Phi) is 4.01. The van der Waals surface area contributed by atoms with E-state index in [4.69, 9.17) is 10.2 Å². The maximum Gasteiger partial charge on any atom is 0.417 e. The van der Waals surface area contributed by atoms with Crippen molar-refractivity contribution >= 4 is 17.0 Å². The zero-order chi connectivity index (χ0) is 13.8. The Balaban J connectivity index is 1.94. The molecule has 0 spiro atoms. The van der Waals surface area contributed by atoms with Crippen LogP contribution in [-0.4, -0.2) is 16.9 Å². The number of aromatic amines is 1. The molecular weight excluding hydrogens is 246 g/mol. The molecule has 1 amide bonds. The number of carbonyl (C=O) groups excluding carboxylic acids is 1. The summed E-state index contributed by atoms with van der Waals surface area (Å²) < 4.78 is 4.95. The van der Waals surface area contributed by atoms with Crippen molar-refractivity contribution in [1.29, 1.82) is 0 Å². The van der Waals surface area contributed by atoms with E-state index in [2.05, 4.69) is 10.3 Å². The Morgan fingerprint density at radius 1 is 1.53 bits per heavy atom. The first-order chi connectivity index (χ1) is 9.04. The fourth-order valence-corrected chi connectivity index (χ4v) is 1.75. The SMILES string of the molecule is CC(N)CCC(=O)NCc1ccc2[nH]c(=O)oc2c1. The van der Waals surface area contributed by atoms with Crippen molar-refractivity contribution in [3.8, 4) is 0 Å². The van der Waals surface area contributed by atoms with Crippen LogP contribution < -0.4 is 16.8 Å². The highest BCUT2D eigenvalue weighted by atomic mass is 16.4. The lowest BCUT2D eigenvalue weighted by molar-refractivity contribution is -0.121. The number of rotatable bonds is 5. The molecule has 1 heterocycles. The van der Waals surface area contributed by atoms with Crippen LogP contribution in [0.3, 0.4) is 0 Å². The van der Waals surface area contributed by atoms with Crippen LogP contribution in [-0.2, 0) is 11.3 Å². The van der Waals surface area contributed by atoms with Gasteiger partial charge in [-0.1, -0.05) is 6.07 Å². The van der Waals surface area contributed by atoms with Gasteiger partial charge in [-0.2, -0.15) is 0 Å². The van der Waals surface area contributed by atoms with Gasteiger partial charge in [0.05, 0.1) is 5.52 Å². The lowest BCUT2D eigenvalue weighted by atomic mass is 10.1.